The Hall–Kier alpha value is -3.77. The number of hydrogen-bond donors (Lipinski definition) is 2. The van der Waals surface area contributed by atoms with Crippen LogP contribution in [-0.4, -0.2) is 28.5 Å². The smallest absolute Gasteiger partial charge is 0.300 e. The monoisotopic (exact) mass is 447 g/mol. The number of anilines is 1. The molecule has 32 heavy (non-hydrogen) atoms. The van der Waals surface area contributed by atoms with Crippen molar-refractivity contribution < 1.29 is 24.5 Å². The number of aliphatic hydroxyl groups is 1. The van der Waals surface area contributed by atoms with Crippen molar-refractivity contribution >= 4 is 34.7 Å². The maximum atomic E-state index is 13.2. The first-order valence-electron chi connectivity index (χ1n) is 10.1. The molecule has 0 radical (unpaired) electrons. The first kappa shape index (κ1) is 20.2. The fraction of sp³-hybridized carbons (Fsp3) is 0.120. The number of aliphatic hydroxyl groups excluding tert-OH is 1. The predicted molar refractivity (Wildman–Crippen MR) is 120 cm³/mol. The van der Waals surface area contributed by atoms with E-state index in [0.717, 1.165) is 11.3 Å². The Labute approximate surface area is 188 Å². The number of para-hydroxylation sites is 1. The Morgan fingerprint density at radius 1 is 1.03 bits per heavy atom. The third kappa shape index (κ3) is 3.20. The van der Waals surface area contributed by atoms with E-state index in [1.54, 1.807) is 54.6 Å². The van der Waals surface area contributed by atoms with Gasteiger partial charge in [-0.1, -0.05) is 35.9 Å². The zero-order valence-electron chi connectivity index (χ0n) is 16.8. The van der Waals surface area contributed by atoms with Gasteiger partial charge in [0.25, 0.3) is 11.7 Å². The minimum atomic E-state index is -0.917. The molecule has 2 N–H and O–H groups in total. The number of amides is 1. The summed E-state index contributed by atoms with van der Waals surface area (Å²) in [5, 5.41) is 21.2. The van der Waals surface area contributed by atoms with Crippen LogP contribution in [0.5, 0.6) is 11.5 Å². The van der Waals surface area contributed by atoms with Gasteiger partial charge in [-0.15, -0.1) is 0 Å². The van der Waals surface area contributed by atoms with E-state index in [9.17, 15) is 19.8 Å². The lowest BCUT2D eigenvalue weighted by Crippen LogP contribution is -2.29. The van der Waals surface area contributed by atoms with Crippen LogP contribution in [0.25, 0.3) is 5.76 Å². The van der Waals surface area contributed by atoms with E-state index in [1.807, 2.05) is 0 Å². The van der Waals surface area contributed by atoms with Gasteiger partial charge < -0.3 is 14.9 Å². The average Bonchev–Trinajstić information content (AvgIpc) is 3.38. The highest BCUT2D eigenvalue weighted by molar-refractivity contribution is 6.51. The Balaban J connectivity index is 1.72. The minimum Gasteiger partial charge on any atom is -0.507 e. The maximum Gasteiger partial charge on any atom is 0.300 e. The molecule has 6 nitrogen and oxygen atoms in total. The van der Waals surface area contributed by atoms with E-state index in [4.69, 9.17) is 16.3 Å². The van der Waals surface area contributed by atoms with Gasteiger partial charge in [-0.2, -0.15) is 0 Å². The molecule has 2 aliphatic heterocycles. The number of halogens is 1. The highest BCUT2D eigenvalue weighted by Gasteiger charge is 2.47. The summed E-state index contributed by atoms with van der Waals surface area (Å²) in [4.78, 5) is 27.6. The molecule has 160 valence electrons. The first-order valence-corrected chi connectivity index (χ1v) is 10.4. The minimum absolute atomic E-state index is 0.0422. The number of phenolic OH excluding ortho intramolecular Hbond substituents is 1. The van der Waals surface area contributed by atoms with E-state index in [0.29, 0.717) is 29.8 Å². The lowest BCUT2D eigenvalue weighted by molar-refractivity contribution is -0.132. The summed E-state index contributed by atoms with van der Waals surface area (Å²) < 4.78 is 5.52. The summed E-state index contributed by atoms with van der Waals surface area (Å²) in [5.41, 5.74) is 2.30. The number of carbonyl (C=O) groups excluding carboxylic acids is 2. The zero-order valence-corrected chi connectivity index (χ0v) is 17.5. The third-order valence-electron chi connectivity index (χ3n) is 5.73. The lowest BCUT2D eigenvalue weighted by atomic mass is 9.94. The van der Waals surface area contributed by atoms with Gasteiger partial charge in [0.05, 0.1) is 23.2 Å². The number of benzene rings is 3. The van der Waals surface area contributed by atoms with Crippen LogP contribution >= 0.6 is 11.6 Å². The number of aromatic hydroxyl groups is 1. The summed E-state index contributed by atoms with van der Waals surface area (Å²) >= 11 is 6.14. The van der Waals surface area contributed by atoms with Crippen molar-refractivity contribution in [2.45, 2.75) is 12.5 Å². The molecule has 1 atom stereocenters. The van der Waals surface area contributed by atoms with E-state index in [2.05, 4.69) is 0 Å². The molecular formula is C25H18ClNO5. The van der Waals surface area contributed by atoms with E-state index >= 15 is 0 Å². The fourth-order valence-corrected chi connectivity index (χ4v) is 4.37. The van der Waals surface area contributed by atoms with Crippen molar-refractivity contribution in [3.05, 3.63) is 94.0 Å². The highest BCUT2D eigenvalue weighted by Crippen LogP contribution is 2.43. The molecule has 3 aromatic carbocycles. The maximum absolute atomic E-state index is 13.2. The number of nitrogens with zero attached hydrogens (tertiary/aromatic N) is 1. The van der Waals surface area contributed by atoms with Gasteiger partial charge in [0, 0.05) is 17.7 Å². The Morgan fingerprint density at radius 3 is 2.56 bits per heavy atom. The molecule has 0 aliphatic carbocycles. The van der Waals surface area contributed by atoms with Crippen LogP contribution in [0.3, 0.4) is 0 Å². The largest absolute Gasteiger partial charge is 0.507 e. The van der Waals surface area contributed by atoms with Crippen molar-refractivity contribution in [2.24, 2.45) is 0 Å². The Morgan fingerprint density at radius 2 is 1.81 bits per heavy atom. The molecule has 2 aliphatic rings. The van der Waals surface area contributed by atoms with Gasteiger partial charge in [0.2, 0.25) is 0 Å². The van der Waals surface area contributed by atoms with E-state index in [1.165, 1.54) is 17.0 Å². The lowest BCUT2D eigenvalue weighted by Gasteiger charge is -2.25. The number of fused-ring (bicyclic) bond motifs is 1. The SMILES string of the molecule is O=C1C(=O)N(c2ccccc2)C(c2ccc(O)c(Cl)c2)/C1=C(/O)c1ccc2c(c1)CCO2. The zero-order chi connectivity index (χ0) is 22.4. The van der Waals surface area contributed by atoms with Crippen LogP contribution in [0.4, 0.5) is 5.69 Å². The van der Waals surface area contributed by atoms with Gasteiger partial charge >= 0.3 is 0 Å². The number of Topliss-reactive ketones (excluding diaryl/α,β-unsaturated/α-hetero) is 1. The third-order valence-corrected chi connectivity index (χ3v) is 6.03. The number of rotatable bonds is 3. The summed E-state index contributed by atoms with van der Waals surface area (Å²) in [6.45, 7) is 0.559. The number of phenols is 1. The molecule has 0 bridgehead atoms. The normalized spacial score (nSPS) is 19.2. The Kier molecular flexibility index (Phi) is 4.87. The second kappa shape index (κ2) is 7.73. The van der Waals surface area contributed by atoms with Crippen molar-refractivity contribution in [3.8, 4) is 11.5 Å². The van der Waals surface area contributed by atoms with Crippen molar-refractivity contribution in [1.29, 1.82) is 0 Å². The van der Waals surface area contributed by atoms with Crippen LogP contribution in [0.2, 0.25) is 5.02 Å². The molecule has 1 fully saturated rings. The van der Waals surface area contributed by atoms with Gasteiger partial charge in [0.1, 0.15) is 17.3 Å². The second-order valence-corrected chi connectivity index (χ2v) is 8.04. The fourth-order valence-electron chi connectivity index (χ4n) is 4.19. The second-order valence-electron chi connectivity index (χ2n) is 7.64. The summed E-state index contributed by atoms with van der Waals surface area (Å²) in [5.74, 6) is -1.20. The number of ketones is 1. The molecule has 3 aromatic rings. The molecule has 1 unspecified atom stereocenters. The number of carbonyl (C=O) groups is 2. The van der Waals surface area contributed by atoms with Crippen molar-refractivity contribution in [2.75, 3.05) is 11.5 Å². The number of ether oxygens (including phenoxy) is 1. The molecule has 0 spiro atoms. The van der Waals surface area contributed by atoms with Crippen LogP contribution in [0, 0.1) is 0 Å². The number of hydrogen-bond acceptors (Lipinski definition) is 5. The predicted octanol–water partition coefficient (Wildman–Crippen LogP) is 4.61. The molecule has 7 heteroatoms. The van der Waals surface area contributed by atoms with Gasteiger partial charge in [-0.25, -0.2) is 0 Å². The Bertz CT molecular complexity index is 1280. The molecule has 1 amide bonds. The summed E-state index contributed by atoms with van der Waals surface area (Å²) in [7, 11) is 0. The molecule has 1 saturated heterocycles. The van der Waals surface area contributed by atoms with E-state index in [-0.39, 0.29) is 22.1 Å². The standard InChI is InChI=1S/C25H18ClNO5/c26-18-13-15(6-8-19(18)28)22-21(23(29)16-7-9-20-14(12-16)10-11-32-20)24(30)25(31)27(22)17-4-2-1-3-5-17/h1-9,12-13,22,28-29H,10-11H2/b23-21-. The molecule has 0 saturated carbocycles. The molecule has 5 rings (SSSR count). The van der Waals surface area contributed by atoms with Crippen molar-refractivity contribution in [1.82, 2.24) is 0 Å². The van der Waals surface area contributed by atoms with Crippen molar-refractivity contribution in [3.63, 3.8) is 0 Å². The van der Waals surface area contributed by atoms with Gasteiger partial charge in [-0.3, -0.25) is 14.5 Å². The highest BCUT2D eigenvalue weighted by atomic mass is 35.5. The average molecular weight is 448 g/mol. The summed E-state index contributed by atoms with van der Waals surface area (Å²) in [6, 6.07) is 17.5. The molecular weight excluding hydrogens is 430 g/mol. The van der Waals surface area contributed by atoms with Crippen LogP contribution in [0.15, 0.2) is 72.3 Å². The van der Waals surface area contributed by atoms with E-state index < -0.39 is 17.7 Å². The van der Waals surface area contributed by atoms with Gasteiger partial charge in [-0.05, 0) is 53.6 Å². The topological polar surface area (TPSA) is 87.1 Å². The molecule has 0 aromatic heterocycles. The first-order chi connectivity index (χ1) is 15.5. The van der Waals surface area contributed by atoms with Crippen LogP contribution < -0.4 is 9.64 Å². The van der Waals surface area contributed by atoms with Gasteiger partial charge in [0.15, 0.2) is 0 Å². The van der Waals surface area contributed by atoms with Crippen LogP contribution in [-0.2, 0) is 16.0 Å². The quantitative estimate of drug-likeness (QED) is 0.348. The summed E-state index contributed by atoms with van der Waals surface area (Å²) in [6.07, 6.45) is 0.700. The van der Waals surface area contributed by atoms with Crippen LogP contribution in [0.1, 0.15) is 22.7 Å². The molecule has 2 heterocycles.